The molecule has 4 heterocycles. The van der Waals surface area contributed by atoms with Gasteiger partial charge in [-0.2, -0.15) is 0 Å². The molecular formula is C57H58N6O4. The molecule has 0 radical (unpaired) electrons. The molecule has 4 aliphatic rings. The Balaban J connectivity index is 0.732. The van der Waals surface area contributed by atoms with E-state index < -0.39 is 0 Å². The van der Waals surface area contributed by atoms with Crippen LogP contribution in [0, 0.1) is 6.92 Å². The van der Waals surface area contributed by atoms with E-state index >= 15 is 0 Å². The highest BCUT2D eigenvalue weighted by atomic mass is 16.2. The van der Waals surface area contributed by atoms with E-state index in [2.05, 4.69) is 69.0 Å². The van der Waals surface area contributed by atoms with E-state index in [1.165, 1.54) is 5.56 Å². The fraction of sp³-hybridized carbons (Fsp3) is 0.298. The summed E-state index contributed by atoms with van der Waals surface area (Å²) in [5.41, 5.74) is 12.9. The summed E-state index contributed by atoms with van der Waals surface area (Å²) in [6.45, 7) is 6.57. The van der Waals surface area contributed by atoms with Crippen LogP contribution in [0.1, 0.15) is 78.9 Å². The van der Waals surface area contributed by atoms with E-state index in [0.29, 0.717) is 31.5 Å². The average molecular weight is 891 g/mol. The number of anilines is 4. The van der Waals surface area contributed by atoms with Gasteiger partial charge in [-0.15, -0.1) is 0 Å². The zero-order valence-corrected chi connectivity index (χ0v) is 38.3. The van der Waals surface area contributed by atoms with Crippen LogP contribution in [0.5, 0.6) is 0 Å². The number of hydrogen-bond donors (Lipinski definition) is 2. The maximum atomic E-state index is 14.3. The minimum absolute atomic E-state index is 0.00313. The van der Waals surface area contributed by atoms with Crippen molar-refractivity contribution in [1.29, 1.82) is 0 Å². The molecule has 0 aromatic heterocycles. The molecule has 0 spiro atoms. The lowest BCUT2D eigenvalue weighted by Gasteiger charge is -2.35. The van der Waals surface area contributed by atoms with Crippen LogP contribution in [0.2, 0.25) is 0 Å². The number of nitrogens with zero attached hydrogens (tertiary/aromatic N) is 4. The molecule has 0 saturated carbocycles. The van der Waals surface area contributed by atoms with Crippen molar-refractivity contribution in [3.63, 3.8) is 0 Å². The second kappa shape index (κ2) is 19.3. The Hall–Kier alpha value is -7.20. The molecule has 2 saturated heterocycles. The predicted molar refractivity (Wildman–Crippen MR) is 267 cm³/mol. The van der Waals surface area contributed by atoms with Gasteiger partial charge in [-0.3, -0.25) is 19.2 Å². The van der Waals surface area contributed by atoms with Crippen LogP contribution in [0.4, 0.5) is 22.7 Å². The molecule has 4 aliphatic heterocycles. The number of rotatable bonds is 12. The van der Waals surface area contributed by atoms with Crippen molar-refractivity contribution >= 4 is 46.4 Å². The number of piperidine rings is 1. The minimum Gasteiger partial charge on any atom is -0.369 e. The first-order chi connectivity index (χ1) is 32.7. The van der Waals surface area contributed by atoms with Crippen molar-refractivity contribution in [3.8, 4) is 0 Å². The van der Waals surface area contributed by atoms with Gasteiger partial charge in [0.1, 0.15) is 0 Å². The van der Waals surface area contributed by atoms with Gasteiger partial charge in [0.05, 0.1) is 12.8 Å². The first-order valence-electron chi connectivity index (χ1n) is 24.0. The molecule has 2 fully saturated rings. The van der Waals surface area contributed by atoms with Crippen molar-refractivity contribution in [2.75, 3.05) is 58.9 Å². The summed E-state index contributed by atoms with van der Waals surface area (Å²) in [5.74, 6) is 0.101. The predicted octanol–water partition coefficient (Wildman–Crippen LogP) is 8.26. The number of amides is 4. The Kier molecular flexibility index (Phi) is 12.6. The number of fused-ring (bicyclic) bond motifs is 2. The second-order valence-corrected chi connectivity index (χ2v) is 18.7. The number of carbonyl (C=O) groups is 4. The van der Waals surface area contributed by atoms with Crippen LogP contribution in [0.15, 0.2) is 140 Å². The summed E-state index contributed by atoms with van der Waals surface area (Å²) < 4.78 is 0. The lowest BCUT2D eigenvalue weighted by atomic mass is 9.97. The normalized spacial score (nSPS) is 17.6. The SMILES string of the molecule is Cc1ccccc1C(=O)N1CCc2cc(N3CCCC(NC(=O)Cc4cccc(Cc5ccccc5C(=O)N5CCc6cc(N7CCC(NC(=O)Cc8ccccc8)C7)ccc65)c4)C3)ccc21. The Bertz CT molecular complexity index is 2830. The quantitative estimate of drug-likeness (QED) is 0.128. The molecule has 2 atom stereocenters. The highest BCUT2D eigenvalue weighted by molar-refractivity contribution is 6.09. The van der Waals surface area contributed by atoms with Gasteiger partial charge in [-0.1, -0.05) is 91.0 Å². The van der Waals surface area contributed by atoms with Gasteiger partial charge in [0, 0.05) is 85.2 Å². The summed E-state index contributed by atoms with van der Waals surface area (Å²) in [6.07, 6.45) is 5.65. The van der Waals surface area contributed by atoms with Crippen LogP contribution in [-0.2, 0) is 41.7 Å². The zero-order valence-electron chi connectivity index (χ0n) is 38.3. The fourth-order valence-electron chi connectivity index (χ4n) is 10.6. The smallest absolute Gasteiger partial charge is 0.258 e. The highest BCUT2D eigenvalue weighted by Crippen LogP contribution is 2.36. The summed E-state index contributed by atoms with van der Waals surface area (Å²) in [5, 5.41) is 6.56. The maximum absolute atomic E-state index is 14.3. The number of benzene rings is 6. The Morgan fingerprint density at radius 3 is 1.76 bits per heavy atom. The molecular weight excluding hydrogens is 833 g/mol. The Morgan fingerprint density at radius 1 is 0.522 bits per heavy atom. The molecule has 340 valence electrons. The minimum atomic E-state index is -0.00313. The topological polar surface area (TPSA) is 105 Å². The fourth-order valence-corrected chi connectivity index (χ4v) is 10.6. The van der Waals surface area contributed by atoms with E-state index in [0.717, 1.165) is 120 Å². The van der Waals surface area contributed by atoms with Crippen molar-refractivity contribution in [2.45, 2.75) is 70.4 Å². The summed E-state index contributed by atoms with van der Waals surface area (Å²) in [6, 6.07) is 46.6. The van der Waals surface area contributed by atoms with Crippen molar-refractivity contribution in [3.05, 3.63) is 190 Å². The summed E-state index contributed by atoms with van der Waals surface area (Å²) in [7, 11) is 0. The molecule has 2 unspecified atom stereocenters. The maximum Gasteiger partial charge on any atom is 0.258 e. The van der Waals surface area contributed by atoms with Crippen LogP contribution in [0.25, 0.3) is 0 Å². The lowest BCUT2D eigenvalue weighted by molar-refractivity contribution is -0.122. The molecule has 0 bridgehead atoms. The Labute approximate surface area is 393 Å². The molecule has 10 rings (SSSR count). The third kappa shape index (κ3) is 9.71. The number of nitrogens with one attached hydrogen (secondary N) is 2. The van der Waals surface area contributed by atoms with Crippen molar-refractivity contribution < 1.29 is 19.2 Å². The molecule has 2 N–H and O–H groups in total. The third-order valence-corrected chi connectivity index (χ3v) is 14.1. The van der Waals surface area contributed by atoms with Gasteiger partial charge in [-0.25, -0.2) is 0 Å². The zero-order chi connectivity index (χ0) is 45.9. The van der Waals surface area contributed by atoms with E-state index in [9.17, 15) is 19.2 Å². The van der Waals surface area contributed by atoms with Crippen LogP contribution < -0.4 is 30.2 Å². The van der Waals surface area contributed by atoms with Crippen LogP contribution >= 0.6 is 0 Å². The monoisotopic (exact) mass is 890 g/mol. The molecule has 6 aromatic carbocycles. The largest absolute Gasteiger partial charge is 0.369 e. The number of hydrogen-bond acceptors (Lipinski definition) is 6. The van der Waals surface area contributed by atoms with Gasteiger partial charge in [-0.05, 0) is 133 Å². The number of carbonyl (C=O) groups excluding carboxylic acids is 4. The van der Waals surface area contributed by atoms with E-state index in [1.807, 2.05) is 108 Å². The van der Waals surface area contributed by atoms with Gasteiger partial charge >= 0.3 is 0 Å². The van der Waals surface area contributed by atoms with E-state index in [-0.39, 0.29) is 42.1 Å². The second-order valence-electron chi connectivity index (χ2n) is 18.7. The molecule has 67 heavy (non-hydrogen) atoms. The molecule has 10 nitrogen and oxygen atoms in total. The number of aryl methyl sites for hydroxylation is 1. The molecule has 10 heteroatoms. The summed E-state index contributed by atoms with van der Waals surface area (Å²) >= 11 is 0. The van der Waals surface area contributed by atoms with Crippen molar-refractivity contribution in [2.24, 2.45) is 0 Å². The van der Waals surface area contributed by atoms with E-state index in [1.54, 1.807) is 0 Å². The molecule has 0 aliphatic carbocycles. The third-order valence-electron chi connectivity index (χ3n) is 14.1. The van der Waals surface area contributed by atoms with Gasteiger partial charge in [0.25, 0.3) is 11.8 Å². The van der Waals surface area contributed by atoms with Crippen LogP contribution in [-0.4, -0.2) is 75.0 Å². The van der Waals surface area contributed by atoms with E-state index in [4.69, 9.17) is 0 Å². The van der Waals surface area contributed by atoms with Crippen LogP contribution in [0.3, 0.4) is 0 Å². The standard InChI is InChI=1S/C57H58N6O4/c1-39-11-5-7-18-50(39)56(66)62-29-24-44-35-48(20-22-52(44)62)60-27-10-17-46(37-60)58-55(65)34-42-15-9-14-41(31-42)32-43-16-6-8-19-51(43)57(67)63-30-25-45-36-49(21-23-53(45)63)61-28-26-47(38-61)59-54(64)33-40-12-3-2-4-13-40/h2-9,11-16,18-23,31,35-36,46-47H,10,17,24-30,32-34,37-38H2,1H3,(H,58,65)(H,59,64). The molecule has 4 amide bonds. The average Bonchev–Trinajstić information content (AvgIpc) is 4.11. The van der Waals surface area contributed by atoms with Crippen molar-refractivity contribution in [1.82, 2.24) is 10.6 Å². The summed E-state index contributed by atoms with van der Waals surface area (Å²) in [4.78, 5) is 62.6. The Morgan fingerprint density at radius 2 is 1.07 bits per heavy atom. The lowest BCUT2D eigenvalue weighted by Crippen LogP contribution is -2.48. The van der Waals surface area contributed by atoms with Gasteiger partial charge in [0.15, 0.2) is 0 Å². The first kappa shape index (κ1) is 43.7. The first-order valence-corrected chi connectivity index (χ1v) is 24.0. The molecule has 6 aromatic rings. The van der Waals surface area contributed by atoms with Gasteiger partial charge < -0.3 is 30.2 Å². The highest BCUT2D eigenvalue weighted by Gasteiger charge is 2.31. The van der Waals surface area contributed by atoms with Gasteiger partial charge in [0.2, 0.25) is 11.8 Å².